The van der Waals surface area contributed by atoms with E-state index >= 15 is 0 Å². The fourth-order valence-corrected chi connectivity index (χ4v) is 5.32. The Labute approximate surface area is 167 Å². The lowest BCUT2D eigenvalue weighted by Gasteiger charge is -2.10. The molecule has 1 unspecified atom stereocenters. The largest absolute Gasteiger partial charge is 0.495 e. The SMILES string of the molecule is COc1cc(C)cc2cc(-c3cn(CC4CCNC4)c4ncnc(N)c34)sc12. The molecule has 0 radical (unpaired) electrons. The Kier molecular flexibility index (Phi) is 4.21. The summed E-state index contributed by atoms with van der Waals surface area (Å²) < 4.78 is 9.01. The highest BCUT2D eigenvalue weighted by Crippen LogP contribution is 2.42. The highest BCUT2D eigenvalue weighted by Gasteiger charge is 2.21. The average Bonchev–Trinajstić information content (AvgIpc) is 3.40. The predicted molar refractivity (Wildman–Crippen MR) is 115 cm³/mol. The Bertz CT molecular complexity index is 1170. The van der Waals surface area contributed by atoms with E-state index in [1.54, 1.807) is 24.8 Å². The molecule has 28 heavy (non-hydrogen) atoms. The van der Waals surface area contributed by atoms with Crippen molar-refractivity contribution < 1.29 is 4.74 Å². The number of ether oxygens (including phenoxy) is 1. The molecular formula is C21H23N5OS. The average molecular weight is 394 g/mol. The molecule has 3 aromatic heterocycles. The minimum atomic E-state index is 0.531. The van der Waals surface area contributed by atoms with Gasteiger partial charge in [0.15, 0.2) is 0 Å². The number of fused-ring (bicyclic) bond motifs is 2. The Balaban J connectivity index is 1.69. The predicted octanol–water partition coefficient (Wildman–Crippen LogP) is 3.82. The zero-order valence-corrected chi connectivity index (χ0v) is 16.8. The van der Waals surface area contributed by atoms with Gasteiger partial charge in [-0.15, -0.1) is 11.3 Å². The Morgan fingerprint density at radius 3 is 3.00 bits per heavy atom. The molecule has 0 saturated carbocycles. The van der Waals surface area contributed by atoms with Crippen LogP contribution in [0, 0.1) is 12.8 Å². The second kappa shape index (κ2) is 6.76. The third kappa shape index (κ3) is 2.82. The number of thiophene rings is 1. The van der Waals surface area contributed by atoms with Crippen LogP contribution in [0.15, 0.2) is 30.7 Å². The van der Waals surface area contributed by atoms with E-state index in [-0.39, 0.29) is 0 Å². The van der Waals surface area contributed by atoms with Crippen molar-refractivity contribution in [3.8, 4) is 16.2 Å². The molecule has 144 valence electrons. The summed E-state index contributed by atoms with van der Waals surface area (Å²) >= 11 is 1.73. The number of aromatic nitrogens is 3. The maximum Gasteiger partial charge on any atom is 0.146 e. The van der Waals surface area contributed by atoms with Gasteiger partial charge in [-0.25, -0.2) is 9.97 Å². The van der Waals surface area contributed by atoms with E-state index in [2.05, 4.69) is 51.2 Å². The van der Waals surface area contributed by atoms with Crippen molar-refractivity contribution in [2.24, 2.45) is 5.92 Å². The summed E-state index contributed by atoms with van der Waals surface area (Å²) in [5.74, 6) is 2.06. The molecule has 5 rings (SSSR count). The van der Waals surface area contributed by atoms with Crippen molar-refractivity contribution in [2.45, 2.75) is 19.9 Å². The van der Waals surface area contributed by atoms with Gasteiger partial charge in [-0.2, -0.15) is 0 Å². The summed E-state index contributed by atoms with van der Waals surface area (Å²) in [6, 6.07) is 6.50. The first-order chi connectivity index (χ1) is 13.6. The van der Waals surface area contributed by atoms with Gasteiger partial charge in [0.25, 0.3) is 0 Å². The summed E-state index contributed by atoms with van der Waals surface area (Å²) in [4.78, 5) is 9.99. The lowest BCUT2D eigenvalue weighted by molar-refractivity contribution is 0.420. The van der Waals surface area contributed by atoms with Crippen LogP contribution in [0.1, 0.15) is 12.0 Å². The van der Waals surface area contributed by atoms with Crippen molar-refractivity contribution in [1.29, 1.82) is 0 Å². The minimum Gasteiger partial charge on any atom is -0.495 e. The zero-order chi connectivity index (χ0) is 19.3. The smallest absolute Gasteiger partial charge is 0.146 e. The van der Waals surface area contributed by atoms with E-state index < -0.39 is 0 Å². The molecule has 0 aliphatic carbocycles. The van der Waals surface area contributed by atoms with Crippen LogP contribution < -0.4 is 15.8 Å². The monoisotopic (exact) mass is 393 g/mol. The Morgan fingerprint density at radius 1 is 1.32 bits per heavy atom. The standard InChI is InChI=1S/C21H23N5OS/c1-12-5-14-7-17(28-19(14)16(6-12)27-2)15-10-26(9-13-3-4-23-8-13)21-18(15)20(22)24-11-25-21/h5-7,10-11,13,23H,3-4,8-9H2,1-2H3,(H2,22,24,25). The normalized spacial score (nSPS) is 17.0. The first-order valence-electron chi connectivity index (χ1n) is 9.52. The Hall–Kier alpha value is -2.64. The minimum absolute atomic E-state index is 0.531. The molecular weight excluding hydrogens is 370 g/mol. The quantitative estimate of drug-likeness (QED) is 0.551. The summed E-state index contributed by atoms with van der Waals surface area (Å²) in [5, 5.41) is 5.57. The zero-order valence-electron chi connectivity index (χ0n) is 16.0. The second-order valence-corrected chi connectivity index (χ2v) is 8.56. The molecule has 7 heteroatoms. The number of nitrogens with two attached hydrogens (primary N) is 1. The van der Waals surface area contributed by atoms with Crippen LogP contribution in [0.5, 0.6) is 5.75 Å². The van der Waals surface area contributed by atoms with Crippen LogP contribution in [-0.2, 0) is 6.54 Å². The fraction of sp³-hybridized carbons (Fsp3) is 0.333. The molecule has 1 fully saturated rings. The van der Waals surface area contributed by atoms with Crippen LogP contribution in [0.4, 0.5) is 5.82 Å². The third-order valence-electron chi connectivity index (χ3n) is 5.51. The van der Waals surface area contributed by atoms with Crippen LogP contribution in [-0.4, -0.2) is 34.7 Å². The number of aryl methyl sites for hydroxylation is 1. The molecule has 1 aromatic carbocycles. The number of hydrogen-bond donors (Lipinski definition) is 2. The molecule has 1 aliphatic rings. The van der Waals surface area contributed by atoms with Crippen molar-refractivity contribution in [2.75, 3.05) is 25.9 Å². The molecule has 0 bridgehead atoms. The first-order valence-corrected chi connectivity index (χ1v) is 10.3. The number of rotatable bonds is 4. The van der Waals surface area contributed by atoms with E-state index in [1.165, 1.54) is 17.4 Å². The number of nitrogens with one attached hydrogen (secondary N) is 1. The van der Waals surface area contributed by atoms with Gasteiger partial charge in [-0.3, -0.25) is 0 Å². The molecule has 1 atom stereocenters. The molecule has 0 spiro atoms. The van der Waals surface area contributed by atoms with Crippen LogP contribution in [0.2, 0.25) is 0 Å². The number of benzene rings is 1. The van der Waals surface area contributed by atoms with Crippen LogP contribution in [0.3, 0.4) is 0 Å². The lowest BCUT2D eigenvalue weighted by atomic mass is 10.1. The summed E-state index contributed by atoms with van der Waals surface area (Å²) in [6.07, 6.45) is 4.94. The van der Waals surface area contributed by atoms with E-state index in [9.17, 15) is 0 Å². The number of methoxy groups -OCH3 is 1. The topological polar surface area (TPSA) is 78.0 Å². The van der Waals surface area contributed by atoms with Gasteiger partial charge in [0.1, 0.15) is 23.5 Å². The van der Waals surface area contributed by atoms with Gasteiger partial charge in [0.05, 0.1) is 17.2 Å². The van der Waals surface area contributed by atoms with Crippen molar-refractivity contribution in [3.63, 3.8) is 0 Å². The fourth-order valence-electron chi connectivity index (χ4n) is 4.17. The molecule has 6 nitrogen and oxygen atoms in total. The lowest BCUT2D eigenvalue weighted by Crippen LogP contribution is -2.14. The molecule has 0 amide bonds. The first kappa shape index (κ1) is 17.5. The Morgan fingerprint density at radius 2 is 2.21 bits per heavy atom. The number of hydrogen-bond acceptors (Lipinski definition) is 6. The van der Waals surface area contributed by atoms with E-state index in [0.29, 0.717) is 11.7 Å². The highest BCUT2D eigenvalue weighted by molar-refractivity contribution is 7.22. The molecule has 1 aliphatic heterocycles. The molecule has 1 saturated heterocycles. The van der Waals surface area contributed by atoms with Crippen molar-refractivity contribution in [3.05, 3.63) is 36.3 Å². The van der Waals surface area contributed by atoms with Crippen LogP contribution in [0.25, 0.3) is 31.6 Å². The van der Waals surface area contributed by atoms with Gasteiger partial charge >= 0.3 is 0 Å². The maximum absolute atomic E-state index is 6.29. The number of nitrogen functional groups attached to an aromatic ring is 1. The summed E-state index contributed by atoms with van der Waals surface area (Å²) in [7, 11) is 1.72. The van der Waals surface area contributed by atoms with Gasteiger partial charge < -0.3 is 20.4 Å². The van der Waals surface area contributed by atoms with Crippen molar-refractivity contribution in [1.82, 2.24) is 19.9 Å². The van der Waals surface area contributed by atoms with E-state index in [4.69, 9.17) is 10.5 Å². The molecule has 3 N–H and O–H groups in total. The second-order valence-electron chi connectivity index (χ2n) is 7.51. The van der Waals surface area contributed by atoms with E-state index in [1.807, 2.05) is 0 Å². The van der Waals surface area contributed by atoms with Crippen molar-refractivity contribution >= 4 is 38.3 Å². The van der Waals surface area contributed by atoms with Gasteiger partial charge in [0.2, 0.25) is 0 Å². The molecule has 4 aromatic rings. The van der Waals surface area contributed by atoms with Gasteiger partial charge in [-0.1, -0.05) is 6.07 Å². The third-order valence-corrected chi connectivity index (χ3v) is 6.71. The van der Waals surface area contributed by atoms with Gasteiger partial charge in [-0.05, 0) is 55.4 Å². The summed E-state index contributed by atoms with van der Waals surface area (Å²) in [5.41, 5.74) is 9.49. The van der Waals surface area contributed by atoms with Crippen LogP contribution >= 0.6 is 11.3 Å². The maximum atomic E-state index is 6.29. The molecule has 4 heterocycles. The number of anilines is 1. The van der Waals surface area contributed by atoms with E-state index in [0.717, 1.165) is 51.6 Å². The summed E-state index contributed by atoms with van der Waals surface area (Å²) in [6.45, 7) is 5.16. The number of nitrogens with zero attached hydrogens (tertiary/aromatic N) is 3. The highest BCUT2D eigenvalue weighted by atomic mass is 32.1. The van der Waals surface area contributed by atoms with Gasteiger partial charge in [0, 0.05) is 23.2 Å².